The third-order valence-electron chi connectivity index (χ3n) is 4.34. The van der Waals surface area contributed by atoms with Crippen LogP contribution >= 0.6 is 0 Å². The van der Waals surface area contributed by atoms with Crippen molar-refractivity contribution in [1.29, 1.82) is 0 Å². The van der Waals surface area contributed by atoms with Gasteiger partial charge in [-0.15, -0.1) is 0 Å². The van der Waals surface area contributed by atoms with Crippen molar-refractivity contribution in [2.45, 2.75) is 25.9 Å². The number of benzene rings is 1. The van der Waals surface area contributed by atoms with Crippen LogP contribution in [0.5, 0.6) is 0 Å². The van der Waals surface area contributed by atoms with E-state index in [9.17, 15) is 14.4 Å². The lowest BCUT2D eigenvalue weighted by Crippen LogP contribution is -2.60. The molecule has 1 atom stereocenters. The molecule has 26 heavy (non-hydrogen) atoms. The SMILES string of the molecule is CNC(=O)CC1C(=O)NCCN1C(=O)NCc1nc2ccc(C)cc2[nH]1. The quantitative estimate of drug-likeness (QED) is 0.616. The van der Waals surface area contributed by atoms with Gasteiger partial charge in [-0.25, -0.2) is 9.78 Å². The number of hydrogen-bond donors (Lipinski definition) is 4. The molecule has 2 heterocycles. The molecule has 4 amide bonds. The van der Waals surface area contributed by atoms with Crippen LogP contribution in [0, 0.1) is 6.92 Å². The smallest absolute Gasteiger partial charge is 0.318 e. The highest BCUT2D eigenvalue weighted by Crippen LogP contribution is 2.14. The lowest BCUT2D eigenvalue weighted by molar-refractivity contribution is -0.132. The van der Waals surface area contributed by atoms with Crippen molar-refractivity contribution in [2.75, 3.05) is 20.1 Å². The summed E-state index contributed by atoms with van der Waals surface area (Å²) in [7, 11) is 1.50. The van der Waals surface area contributed by atoms with Crippen molar-refractivity contribution in [3.05, 3.63) is 29.6 Å². The van der Waals surface area contributed by atoms with Crippen LogP contribution in [0.15, 0.2) is 18.2 Å². The third kappa shape index (κ3) is 3.76. The number of aromatic nitrogens is 2. The maximum Gasteiger partial charge on any atom is 0.318 e. The minimum atomic E-state index is -0.818. The van der Waals surface area contributed by atoms with Gasteiger partial charge in [-0.3, -0.25) is 9.59 Å². The number of carbonyl (C=O) groups excluding carboxylic acids is 3. The van der Waals surface area contributed by atoms with Crippen LogP contribution in [0.25, 0.3) is 11.0 Å². The van der Waals surface area contributed by atoms with Crippen LogP contribution in [0.2, 0.25) is 0 Å². The summed E-state index contributed by atoms with van der Waals surface area (Å²) in [4.78, 5) is 45.2. The topological polar surface area (TPSA) is 119 Å². The summed E-state index contributed by atoms with van der Waals surface area (Å²) >= 11 is 0. The molecule has 1 fully saturated rings. The summed E-state index contributed by atoms with van der Waals surface area (Å²) in [6.45, 7) is 2.91. The minimum Gasteiger partial charge on any atom is -0.359 e. The summed E-state index contributed by atoms with van der Waals surface area (Å²) in [5.41, 5.74) is 2.85. The summed E-state index contributed by atoms with van der Waals surface area (Å²) in [5, 5.41) is 7.93. The highest BCUT2D eigenvalue weighted by Gasteiger charge is 2.34. The van der Waals surface area contributed by atoms with Crippen molar-refractivity contribution in [3.63, 3.8) is 0 Å². The third-order valence-corrected chi connectivity index (χ3v) is 4.34. The number of fused-ring (bicyclic) bond motifs is 1. The second-order valence-corrected chi connectivity index (χ2v) is 6.24. The molecule has 0 saturated carbocycles. The van der Waals surface area contributed by atoms with E-state index < -0.39 is 12.1 Å². The Morgan fingerprint density at radius 1 is 1.38 bits per heavy atom. The number of rotatable bonds is 4. The van der Waals surface area contributed by atoms with Crippen molar-refractivity contribution in [3.8, 4) is 0 Å². The number of piperazine rings is 1. The van der Waals surface area contributed by atoms with Gasteiger partial charge in [-0.1, -0.05) is 6.07 Å². The molecule has 1 aliphatic heterocycles. The van der Waals surface area contributed by atoms with E-state index in [1.165, 1.54) is 11.9 Å². The molecule has 1 aliphatic rings. The standard InChI is InChI=1S/C17H22N6O3/c1-10-3-4-11-12(7-10)22-14(21-11)9-20-17(26)23-6-5-19-16(25)13(23)8-15(24)18-2/h3-4,7,13H,5-6,8-9H2,1-2H3,(H,18,24)(H,19,25)(H,20,26)(H,21,22). The molecule has 3 rings (SSSR count). The number of aromatic amines is 1. The minimum absolute atomic E-state index is 0.0698. The van der Waals surface area contributed by atoms with Crippen molar-refractivity contribution in [2.24, 2.45) is 0 Å². The monoisotopic (exact) mass is 358 g/mol. The zero-order valence-electron chi connectivity index (χ0n) is 14.8. The predicted octanol–water partition coefficient (Wildman–Crippen LogP) is 0.0174. The van der Waals surface area contributed by atoms with Crippen LogP contribution in [0.4, 0.5) is 4.79 Å². The first kappa shape index (κ1) is 17.7. The van der Waals surface area contributed by atoms with Gasteiger partial charge in [-0.2, -0.15) is 0 Å². The Kier molecular flexibility index (Phi) is 5.06. The molecule has 0 bridgehead atoms. The second-order valence-electron chi connectivity index (χ2n) is 6.24. The molecular weight excluding hydrogens is 336 g/mol. The summed E-state index contributed by atoms with van der Waals surface area (Å²) in [6.07, 6.45) is -0.0698. The van der Waals surface area contributed by atoms with E-state index >= 15 is 0 Å². The Labute approximate surface area is 150 Å². The van der Waals surface area contributed by atoms with E-state index in [-0.39, 0.29) is 24.8 Å². The Hall–Kier alpha value is -3.10. The Bertz CT molecular complexity index is 846. The molecule has 0 aliphatic carbocycles. The first-order valence-corrected chi connectivity index (χ1v) is 8.46. The largest absolute Gasteiger partial charge is 0.359 e. The second kappa shape index (κ2) is 7.42. The zero-order valence-corrected chi connectivity index (χ0v) is 14.8. The Morgan fingerprint density at radius 2 is 2.19 bits per heavy atom. The fraction of sp³-hybridized carbons (Fsp3) is 0.412. The van der Waals surface area contributed by atoms with Gasteiger partial charge in [0.1, 0.15) is 11.9 Å². The number of nitrogens with one attached hydrogen (secondary N) is 4. The molecule has 1 aromatic heterocycles. The van der Waals surface area contributed by atoms with E-state index in [4.69, 9.17) is 0 Å². The van der Waals surface area contributed by atoms with E-state index in [1.807, 2.05) is 25.1 Å². The van der Waals surface area contributed by atoms with Gasteiger partial charge in [0.2, 0.25) is 11.8 Å². The molecular formula is C17H22N6O3. The number of urea groups is 1. The predicted molar refractivity (Wildman–Crippen MR) is 95.3 cm³/mol. The van der Waals surface area contributed by atoms with Gasteiger partial charge in [0, 0.05) is 20.1 Å². The molecule has 0 spiro atoms. The first-order valence-electron chi connectivity index (χ1n) is 8.46. The first-order chi connectivity index (χ1) is 12.5. The molecule has 4 N–H and O–H groups in total. The number of carbonyl (C=O) groups is 3. The fourth-order valence-corrected chi connectivity index (χ4v) is 2.96. The van der Waals surface area contributed by atoms with Gasteiger partial charge in [0.05, 0.1) is 24.0 Å². The average molecular weight is 358 g/mol. The van der Waals surface area contributed by atoms with Gasteiger partial charge in [0.15, 0.2) is 0 Å². The van der Waals surface area contributed by atoms with E-state index in [1.54, 1.807) is 0 Å². The Morgan fingerprint density at radius 3 is 2.96 bits per heavy atom. The van der Waals surface area contributed by atoms with E-state index in [0.29, 0.717) is 18.9 Å². The van der Waals surface area contributed by atoms with Crippen LogP contribution in [0.3, 0.4) is 0 Å². The fourth-order valence-electron chi connectivity index (χ4n) is 2.96. The number of nitrogens with zero attached hydrogens (tertiary/aromatic N) is 2. The summed E-state index contributed by atoms with van der Waals surface area (Å²) in [5.74, 6) is 0.00924. The lowest BCUT2D eigenvalue weighted by Gasteiger charge is -2.34. The van der Waals surface area contributed by atoms with Gasteiger partial charge >= 0.3 is 6.03 Å². The van der Waals surface area contributed by atoms with Crippen LogP contribution in [-0.2, 0) is 16.1 Å². The molecule has 1 saturated heterocycles. The highest BCUT2D eigenvalue weighted by molar-refractivity contribution is 5.92. The average Bonchev–Trinajstić information content (AvgIpc) is 3.03. The maximum absolute atomic E-state index is 12.5. The molecule has 9 heteroatoms. The highest BCUT2D eigenvalue weighted by atomic mass is 16.2. The van der Waals surface area contributed by atoms with Gasteiger partial charge in [-0.05, 0) is 24.6 Å². The molecule has 9 nitrogen and oxygen atoms in total. The van der Waals surface area contributed by atoms with Gasteiger partial charge < -0.3 is 25.8 Å². The van der Waals surface area contributed by atoms with Crippen molar-refractivity contribution < 1.29 is 14.4 Å². The number of imidazole rings is 1. The summed E-state index contributed by atoms with van der Waals surface area (Å²) < 4.78 is 0. The van der Waals surface area contributed by atoms with Crippen LogP contribution in [-0.4, -0.2) is 58.9 Å². The molecule has 0 radical (unpaired) electrons. The van der Waals surface area contributed by atoms with E-state index in [2.05, 4.69) is 25.9 Å². The maximum atomic E-state index is 12.5. The van der Waals surface area contributed by atoms with Crippen LogP contribution < -0.4 is 16.0 Å². The summed E-state index contributed by atoms with van der Waals surface area (Å²) in [6, 6.07) is 4.66. The van der Waals surface area contributed by atoms with Crippen LogP contribution in [0.1, 0.15) is 17.8 Å². The number of amides is 4. The normalized spacial score (nSPS) is 17.1. The van der Waals surface area contributed by atoms with Crippen molar-refractivity contribution in [1.82, 2.24) is 30.8 Å². The van der Waals surface area contributed by atoms with E-state index in [0.717, 1.165) is 16.6 Å². The molecule has 138 valence electrons. The van der Waals surface area contributed by atoms with Gasteiger partial charge in [0.25, 0.3) is 0 Å². The zero-order chi connectivity index (χ0) is 18.7. The molecule has 1 aromatic carbocycles. The Balaban J connectivity index is 1.66. The molecule has 2 aromatic rings. The van der Waals surface area contributed by atoms with Crippen molar-refractivity contribution >= 4 is 28.9 Å². The lowest BCUT2D eigenvalue weighted by atomic mass is 10.1. The number of hydrogen-bond acceptors (Lipinski definition) is 4. The molecule has 1 unspecified atom stereocenters. The number of H-pyrrole nitrogens is 1. The number of aryl methyl sites for hydroxylation is 1.